The van der Waals surface area contributed by atoms with E-state index in [1.807, 2.05) is 18.2 Å². The Bertz CT molecular complexity index is 474. The molecular formula is C14H18N2O3. The number of hydrogen-bond acceptors (Lipinski definition) is 3. The van der Waals surface area contributed by atoms with Crippen molar-refractivity contribution in [3.05, 3.63) is 42.0 Å². The maximum absolute atomic E-state index is 12.0. The molecule has 1 aromatic carbocycles. The number of amides is 2. The average Bonchev–Trinajstić information content (AvgIpc) is 2.86. The maximum atomic E-state index is 12.0. The van der Waals surface area contributed by atoms with Gasteiger partial charge in [-0.05, 0) is 23.3 Å². The number of urea groups is 1. The van der Waals surface area contributed by atoms with Crippen molar-refractivity contribution in [3.63, 3.8) is 0 Å². The first-order valence-corrected chi connectivity index (χ1v) is 6.22. The van der Waals surface area contributed by atoms with Crippen molar-refractivity contribution in [1.82, 2.24) is 4.90 Å². The van der Waals surface area contributed by atoms with Gasteiger partial charge in [0, 0.05) is 18.8 Å². The molecule has 1 aliphatic heterocycles. The van der Waals surface area contributed by atoms with Crippen LogP contribution in [0.1, 0.15) is 11.1 Å². The van der Waals surface area contributed by atoms with Gasteiger partial charge in [-0.1, -0.05) is 12.1 Å². The summed E-state index contributed by atoms with van der Waals surface area (Å²) in [7, 11) is 0. The first-order valence-electron chi connectivity index (χ1n) is 6.22. The van der Waals surface area contributed by atoms with E-state index in [2.05, 4.69) is 11.9 Å². The first kappa shape index (κ1) is 13.6. The second kappa shape index (κ2) is 6.36. The molecule has 2 N–H and O–H groups in total. The van der Waals surface area contributed by atoms with Crippen LogP contribution < -0.4 is 5.32 Å². The molecule has 19 heavy (non-hydrogen) atoms. The van der Waals surface area contributed by atoms with E-state index in [-0.39, 0.29) is 19.2 Å². The van der Waals surface area contributed by atoms with Gasteiger partial charge in [0.2, 0.25) is 0 Å². The minimum absolute atomic E-state index is 0.0702. The molecule has 1 heterocycles. The highest BCUT2D eigenvalue weighted by Gasteiger charge is 2.14. The van der Waals surface area contributed by atoms with Crippen molar-refractivity contribution in [2.24, 2.45) is 0 Å². The number of ether oxygens (including phenoxy) is 1. The molecule has 0 saturated carbocycles. The Morgan fingerprint density at radius 2 is 2.26 bits per heavy atom. The van der Waals surface area contributed by atoms with Gasteiger partial charge in [0.25, 0.3) is 0 Å². The standard InChI is InChI=1S/C14H18N2O3/c1-2-5-16(6-7-17)14(18)15-13-4-3-11-9-19-10-12(11)8-13/h2-4,8,17H,1,5-7,9-10H2,(H,15,18). The Labute approximate surface area is 112 Å². The summed E-state index contributed by atoms with van der Waals surface area (Å²) in [6.45, 7) is 5.44. The van der Waals surface area contributed by atoms with Crippen LogP contribution in [0.2, 0.25) is 0 Å². The topological polar surface area (TPSA) is 61.8 Å². The number of aliphatic hydroxyl groups excluding tert-OH is 1. The molecule has 5 nitrogen and oxygen atoms in total. The van der Waals surface area contributed by atoms with E-state index >= 15 is 0 Å². The molecule has 1 aromatic rings. The average molecular weight is 262 g/mol. The predicted molar refractivity (Wildman–Crippen MR) is 72.8 cm³/mol. The summed E-state index contributed by atoms with van der Waals surface area (Å²) in [4.78, 5) is 13.5. The third-order valence-corrected chi connectivity index (χ3v) is 2.98. The zero-order valence-corrected chi connectivity index (χ0v) is 10.8. The fourth-order valence-electron chi connectivity index (χ4n) is 2.00. The molecule has 0 radical (unpaired) electrons. The number of carbonyl (C=O) groups is 1. The first-order chi connectivity index (χ1) is 9.24. The highest BCUT2D eigenvalue weighted by Crippen LogP contribution is 2.23. The molecule has 1 aliphatic rings. The van der Waals surface area contributed by atoms with E-state index in [0.29, 0.717) is 19.8 Å². The summed E-state index contributed by atoms with van der Waals surface area (Å²) >= 11 is 0. The maximum Gasteiger partial charge on any atom is 0.322 e. The van der Waals surface area contributed by atoms with E-state index < -0.39 is 0 Å². The Kier molecular flexibility index (Phi) is 4.54. The fourth-order valence-corrected chi connectivity index (χ4v) is 2.00. The number of nitrogens with zero attached hydrogens (tertiary/aromatic N) is 1. The van der Waals surface area contributed by atoms with E-state index in [9.17, 15) is 4.79 Å². The molecule has 0 spiro atoms. The number of fused-ring (bicyclic) bond motifs is 1. The molecule has 0 unspecified atom stereocenters. The highest BCUT2D eigenvalue weighted by molar-refractivity contribution is 5.89. The van der Waals surface area contributed by atoms with Crippen LogP contribution >= 0.6 is 0 Å². The van der Waals surface area contributed by atoms with Gasteiger partial charge in [-0.25, -0.2) is 4.79 Å². The summed E-state index contributed by atoms with van der Waals surface area (Å²) in [5.41, 5.74) is 3.01. The second-order valence-electron chi connectivity index (χ2n) is 4.36. The number of benzene rings is 1. The van der Waals surface area contributed by atoms with Crippen molar-refractivity contribution < 1.29 is 14.6 Å². The van der Waals surface area contributed by atoms with Crippen molar-refractivity contribution in [1.29, 1.82) is 0 Å². The molecule has 0 aromatic heterocycles. The Morgan fingerprint density at radius 3 is 3.00 bits per heavy atom. The SMILES string of the molecule is C=CCN(CCO)C(=O)Nc1ccc2c(c1)COC2. The van der Waals surface area contributed by atoms with Crippen molar-refractivity contribution >= 4 is 11.7 Å². The minimum Gasteiger partial charge on any atom is -0.395 e. The third kappa shape index (κ3) is 3.33. The zero-order chi connectivity index (χ0) is 13.7. The number of anilines is 1. The minimum atomic E-state index is -0.243. The molecule has 0 bridgehead atoms. The van der Waals surface area contributed by atoms with Gasteiger partial charge in [-0.15, -0.1) is 6.58 Å². The van der Waals surface area contributed by atoms with Crippen LogP contribution in [0, 0.1) is 0 Å². The van der Waals surface area contributed by atoms with Gasteiger partial charge in [0.15, 0.2) is 0 Å². The molecule has 0 atom stereocenters. The molecule has 2 rings (SSSR count). The van der Waals surface area contributed by atoms with E-state index in [0.717, 1.165) is 16.8 Å². The van der Waals surface area contributed by atoms with Gasteiger partial charge >= 0.3 is 6.03 Å². The number of rotatable bonds is 5. The molecule has 102 valence electrons. The van der Waals surface area contributed by atoms with Crippen LogP contribution in [0.5, 0.6) is 0 Å². The van der Waals surface area contributed by atoms with Gasteiger partial charge in [0.05, 0.1) is 19.8 Å². The molecule has 0 fully saturated rings. The lowest BCUT2D eigenvalue weighted by atomic mass is 10.1. The fraction of sp³-hybridized carbons (Fsp3) is 0.357. The summed E-state index contributed by atoms with van der Waals surface area (Å²) in [6.07, 6.45) is 1.63. The van der Waals surface area contributed by atoms with Crippen molar-refractivity contribution in [2.45, 2.75) is 13.2 Å². The van der Waals surface area contributed by atoms with E-state index in [4.69, 9.17) is 9.84 Å². The van der Waals surface area contributed by atoms with Crippen LogP contribution in [0.15, 0.2) is 30.9 Å². The van der Waals surface area contributed by atoms with Crippen molar-refractivity contribution in [3.8, 4) is 0 Å². The second-order valence-corrected chi connectivity index (χ2v) is 4.36. The number of nitrogens with one attached hydrogen (secondary N) is 1. The van der Waals surface area contributed by atoms with Gasteiger partial charge < -0.3 is 20.1 Å². The summed E-state index contributed by atoms with van der Waals surface area (Å²) in [5.74, 6) is 0. The molecule has 2 amide bonds. The normalized spacial score (nSPS) is 12.9. The molecule has 0 aliphatic carbocycles. The van der Waals surface area contributed by atoms with Gasteiger partial charge in [-0.3, -0.25) is 0 Å². The summed E-state index contributed by atoms with van der Waals surface area (Å²) < 4.78 is 5.33. The molecule has 0 saturated heterocycles. The smallest absolute Gasteiger partial charge is 0.322 e. The van der Waals surface area contributed by atoms with Crippen molar-refractivity contribution in [2.75, 3.05) is 25.0 Å². The number of aliphatic hydroxyl groups is 1. The Morgan fingerprint density at radius 1 is 1.47 bits per heavy atom. The highest BCUT2D eigenvalue weighted by atomic mass is 16.5. The largest absolute Gasteiger partial charge is 0.395 e. The monoisotopic (exact) mass is 262 g/mol. The van der Waals surface area contributed by atoms with Gasteiger partial charge in [-0.2, -0.15) is 0 Å². The summed E-state index contributed by atoms with van der Waals surface area (Å²) in [6, 6.07) is 5.50. The van der Waals surface area contributed by atoms with E-state index in [1.54, 1.807) is 6.08 Å². The Balaban J connectivity index is 2.03. The zero-order valence-electron chi connectivity index (χ0n) is 10.8. The van der Waals surface area contributed by atoms with Crippen LogP contribution in [-0.2, 0) is 18.0 Å². The molecular weight excluding hydrogens is 244 g/mol. The lowest BCUT2D eigenvalue weighted by Crippen LogP contribution is -2.37. The Hall–Kier alpha value is -1.85. The number of hydrogen-bond donors (Lipinski definition) is 2. The quantitative estimate of drug-likeness (QED) is 0.794. The summed E-state index contributed by atoms with van der Waals surface area (Å²) in [5, 5.41) is 11.7. The van der Waals surface area contributed by atoms with E-state index in [1.165, 1.54) is 4.90 Å². The predicted octanol–water partition coefficient (Wildman–Crippen LogP) is 1.73. The number of carbonyl (C=O) groups excluding carboxylic acids is 1. The van der Waals surface area contributed by atoms with Crippen LogP contribution in [-0.4, -0.2) is 35.7 Å². The third-order valence-electron chi connectivity index (χ3n) is 2.98. The van der Waals surface area contributed by atoms with Gasteiger partial charge in [0.1, 0.15) is 0 Å². The molecule has 5 heteroatoms. The lowest BCUT2D eigenvalue weighted by molar-refractivity contribution is 0.134. The van der Waals surface area contributed by atoms with Crippen LogP contribution in [0.4, 0.5) is 10.5 Å². The van der Waals surface area contributed by atoms with Crippen LogP contribution in [0.25, 0.3) is 0 Å². The lowest BCUT2D eigenvalue weighted by Gasteiger charge is -2.20. The van der Waals surface area contributed by atoms with Crippen LogP contribution in [0.3, 0.4) is 0 Å².